The summed E-state index contributed by atoms with van der Waals surface area (Å²) in [6, 6.07) is 7.64. The van der Waals surface area contributed by atoms with E-state index < -0.39 is 0 Å². The number of nitrogens with zero attached hydrogens (tertiary/aromatic N) is 1. The lowest BCUT2D eigenvalue weighted by molar-refractivity contribution is 0.218. The van der Waals surface area contributed by atoms with E-state index in [0.717, 1.165) is 36.9 Å². The fourth-order valence-electron chi connectivity index (χ4n) is 3.78. The van der Waals surface area contributed by atoms with Crippen molar-refractivity contribution in [1.82, 2.24) is 4.90 Å². The second kappa shape index (κ2) is 7.96. The second-order valence-corrected chi connectivity index (χ2v) is 6.86. The predicted octanol–water partition coefficient (Wildman–Crippen LogP) is 3.29. The van der Waals surface area contributed by atoms with E-state index in [4.69, 9.17) is 14.2 Å². The second-order valence-electron chi connectivity index (χ2n) is 6.86. The van der Waals surface area contributed by atoms with Crippen molar-refractivity contribution in [1.29, 1.82) is 0 Å². The van der Waals surface area contributed by atoms with Gasteiger partial charge >= 0.3 is 0 Å². The Balaban J connectivity index is 1.86. The summed E-state index contributed by atoms with van der Waals surface area (Å²) in [5.74, 6) is 1.52. The van der Waals surface area contributed by atoms with Gasteiger partial charge in [0.25, 0.3) is 0 Å². The number of methoxy groups -OCH3 is 3. The first-order valence-corrected chi connectivity index (χ1v) is 9.02. The first-order chi connectivity index (χ1) is 13.0. The molecule has 27 heavy (non-hydrogen) atoms. The summed E-state index contributed by atoms with van der Waals surface area (Å²) < 4.78 is 15.8. The smallest absolute Gasteiger partial charge is 0.200 e. The van der Waals surface area contributed by atoms with Gasteiger partial charge in [-0.05, 0) is 67.3 Å². The van der Waals surface area contributed by atoms with Crippen molar-refractivity contribution in [3.63, 3.8) is 0 Å². The molecule has 0 aliphatic carbocycles. The standard InChI is InChI=1S/C21H27NO5/c1-22-8-7-14-11-18(25-2)17(23)12-15(14)16(22)6-5-13-9-19(26-3)21(24)20(10-13)27-4/h9-12,16,23-24H,5-8H2,1-4H3. The molecular formula is C21H27NO5. The summed E-state index contributed by atoms with van der Waals surface area (Å²) in [7, 11) is 6.73. The Labute approximate surface area is 159 Å². The lowest BCUT2D eigenvalue weighted by atomic mass is 9.88. The lowest BCUT2D eigenvalue weighted by Gasteiger charge is -2.35. The van der Waals surface area contributed by atoms with Crippen molar-refractivity contribution in [2.75, 3.05) is 34.9 Å². The molecule has 1 aliphatic heterocycles. The van der Waals surface area contributed by atoms with Crippen molar-refractivity contribution in [3.8, 4) is 28.7 Å². The van der Waals surface area contributed by atoms with Gasteiger partial charge in [0.1, 0.15) is 0 Å². The highest BCUT2D eigenvalue weighted by Gasteiger charge is 2.26. The summed E-state index contributed by atoms with van der Waals surface area (Å²) in [4.78, 5) is 2.31. The normalized spacial score (nSPS) is 16.7. The van der Waals surface area contributed by atoms with E-state index in [1.165, 1.54) is 19.8 Å². The van der Waals surface area contributed by atoms with E-state index >= 15 is 0 Å². The van der Waals surface area contributed by atoms with Crippen LogP contribution in [-0.2, 0) is 12.8 Å². The third-order valence-corrected chi connectivity index (χ3v) is 5.31. The number of rotatable bonds is 6. The zero-order valence-electron chi connectivity index (χ0n) is 16.3. The molecule has 1 unspecified atom stereocenters. The largest absolute Gasteiger partial charge is 0.504 e. The third-order valence-electron chi connectivity index (χ3n) is 5.31. The van der Waals surface area contributed by atoms with Crippen LogP contribution in [0.3, 0.4) is 0 Å². The van der Waals surface area contributed by atoms with Crippen LogP contribution in [0.2, 0.25) is 0 Å². The van der Waals surface area contributed by atoms with Gasteiger partial charge in [0.05, 0.1) is 21.3 Å². The van der Waals surface area contributed by atoms with Gasteiger partial charge in [0.2, 0.25) is 5.75 Å². The highest BCUT2D eigenvalue weighted by atomic mass is 16.5. The van der Waals surface area contributed by atoms with Crippen molar-refractivity contribution in [2.24, 2.45) is 0 Å². The van der Waals surface area contributed by atoms with Crippen LogP contribution in [0.15, 0.2) is 24.3 Å². The average Bonchev–Trinajstić information content (AvgIpc) is 2.67. The first kappa shape index (κ1) is 19.2. The maximum Gasteiger partial charge on any atom is 0.200 e. The maximum absolute atomic E-state index is 10.2. The van der Waals surface area contributed by atoms with Gasteiger partial charge in [-0.3, -0.25) is 4.90 Å². The van der Waals surface area contributed by atoms with Gasteiger partial charge < -0.3 is 24.4 Å². The van der Waals surface area contributed by atoms with Gasteiger partial charge in [-0.15, -0.1) is 0 Å². The number of hydrogen-bond donors (Lipinski definition) is 2. The molecule has 2 aromatic carbocycles. The van der Waals surface area contributed by atoms with E-state index in [9.17, 15) is 10.2 Å². The molecule has 1 aliphatic rings. The third kappa shape index (κ3) is 3.76. The number of phenols is 2. The zero-order chi connectivity index (χ0) is 19.6. The molecule has 0 aromatic heterocycles. The van der Waals surface area contributed by atoms with Crippen LogP contribution in [0.4, 0.5) is 0 Å². The minimum Gasteiger partial charge on any atom is -0.504 e. The molecule has 3 rings (SSSR count). The highest BCUT2D eigenvalue weighted by molar-refractivity contribution is 5.53. The number of benzene rings is 2. The summed E-state index contributed by atoms with van der Waals surface area (Å²) in [6.07, 6.45) is 2.58. The predicted molar refractivity (Wildman–Crippen MR) is 103 cm³/mol. The van der Waals surface area contributed by atoms with Crippen LogP contribution in [0, 0.1) is 0 Å². The molecule has 0 amide bonds. The molecule has 146 valence electrons. The maximum atomic E-state index is 10.2. The highest BCUT2D eigenvalue weighted by Crippen LogP contribution is 2.40. The van der Waals surface area contributed by atoms with Crippen LogP contribution in [-0.4, -0.2) is 50.0 Å². The Kier molecular flexibility index (Phi) is 5.65. The number of hydrogen-bond acceptors (Lipinski definition) is 6. The van der Waals surface area contributed by atoms with Gasteiger partial charge in [-0.1, -0.05) is 0 Å². The van der Waals surface area contributed by atoms with E-state index in [2.05, 4.69) is 11.9 Å². The first-order valence-electron chi connectivity index (χ1n) is 9.02. The fraction of sp³-hybridized carbons (Fsp3) is 0.429. The van der Waals surface area contributed by atoms with Gasteiger partial charge in [-0.25, -0.2) is 0 Å². The molecule has 2 N–H and O–H groups in total. The summed E-state index contributed by atoms with van der Waals surface area (Å²) in [6.45, 7) is 0.952. The van der Waals surface area contributed by atoms with Crippen LogP contribution < -0.4 is 14.2 Å². The number of fused-ring (bicyclic) bond motifs is 1. The van der Waals surface area contributed by atoms with Crippen LogP contribution in [0.25, 0.3) is 0 Å². The van der Waals surface area contributed by atoms with Crippen LogP contribution in [0.5, 0.6) is 28.7 Å². The molecule has 1 heterocycles. The Hall–Kier alpha value is -2.60. The topological polar surface area (TPSA) is 71.4 Å². The van der Waals surface area contributed by atoms with Crippen molar-refractivity contribution in [2.45, 2.75) is 25.3 Å². The van der Waals surface area contributed by atoms with E-state index in [-0.39, 0.29) is 17.5 Å². The zero-order valence-corrected chi connectivity index (χ0v) is 16.3. The molecule has 0 saturated carbocycles. The molecule has 0 radical (unpaired) electrons. The fourth-order valence-corrected chi connectivity index (χ4v) is 3.78. The Morgan fingerprint density at radius 1 is 0.963 bits per heavy atom. The molecule has 0 bridgehead atoms. The Morgan fingerprint density at radius 3 is 2.19 bits per heavy atom. The van der Waals surface area contributed by atoms with Crippen LogP contribution in [0.1, 0.15) is 29.2 Å². The van der Waals surface area contributed by atoms with Crippen molar-refractivity contribution < 1.29 is 24.4 Å². The van der Waals surface area contributed by atoms with Gasteiger partial charge in [-0.2, -0.15) is 0 Å². The SMILES string of the molecule is COc1cc2c(cc1O)C(CCc1cc(OC)c(O)c(OC)c1)N(C)CC2. The summed E-state index contributed by atoms with van der Waals surface area (Å²) in [5, 5.41) is 20.3. The lowest BCUT2D eigenvalue weighted by Crippen LogP contribution is -2.32. The van der Waals surface area contributed by atoms with E-state index in [0.29, 0.717) is 17.2 Å². The molecule has 6 heteroatoms. The minimum atomic E-state index is 0.0147. The van der Waals surface area contributed by atoms with E-state index in [1.54, 1.807) is 7.11 Å². The number of ether oxygens (including phenoxy) is 3. The quantitative estimate of drug-likeness (QED) is 0.810. The van der Waals surface area contributed by atoms with Gasteiger partial charge in [0.15, 0.2) is 23.0 Å². The molecular weight excluding hydrogens is 346 g/mol. The number of aromatic hydroxyl groups is 2. The molecule has 2 aromatic rings. The summed E-state index contributed by atoms with van der Waals surface area (Å²) >= 11 is 0. The number of phenolic OH excluding ortho intramolecular Hbond substituents is 2. The van der Waals surface area contributed by atoms with Crippen molar-refractivity contribution in [3.05, 3.63) is 41.0 Å². The summed E-state index contributed by atoms with van der Waals surface area (Å²) in [5.41, 5.74) is 3.38. The van der Waals surface area contributed by atoms with Crippen molar-refractivity contribution >= 4 is 0 Å². The Bertz CT molecular complexity index is 795. The number of likely N-dealkylation sites (N-methyl/N-ethyl adjacent to an activating group) is 1. The monoisotopic (exact) mass is 373 g/mol. The van der Waals surface area contributed by atoms with Crippen LogP contribution >= 0.6 is 0 Å². The molecule has 0 spiro atoms. The average molecular weight is 373 g/mol. The molecule has 0 fully saturated rings. The number of aryl methyl sites for hydroxylation is 1. The van der Waals surface area contributed by atoms with Gasteiger partial charge in [0, 0.05) is 12.6 Å². The minimum absolute atomic E-state index is 0.0147. The van der Waals surface area contributed by atoms with E-state index in [1.807, 2.05) is 24.3 Å². The molecule has 6 nitrogen and oxygen atoms in total. The molecule has 0 saturated heterocycles. The molecule has 1 atom stereocenters. The Morgan fingerprint density at radius 2 is 1.59 bits per heavy atom.